The maximum Gasteiger partial charge on any atom is 0.243 e. The first-order chi connectivity index (χ1) is 19.1. The van der Waals surface area contributed by atoms with Crippen LogP contribution in [0, 0.1) is 0 Å². The monoisotopic (exact) mass is 583 g/mol. The molecule has 0 radical (unpaired) electrons. The van der Waals surface area contributed by atoms with E-state index in [4.69, 9.17) is 11.6 Å². The lowest BCUT2D eigenvalue weighted by atomic mass is 10.0. The minimum Gasteiger partial charge on any atom is -0.352 e. The Morgan fingerprint density at radius 3 is 2.02 bits per heavy atom. The maximum atomic E-state index is 13.8. The van der Waals surface area contributed by atoms with Gasteiger partial charge in [-0.25, -0.2) is 8.42 Å². The van der Waals surface area contributed by atoms with Crippen molar-refractivity contribution < 1.29 is 18.0 Å². The summed E-state index contributed by atoms with van der Waals surface area (Å²) in [5.74, 6) is -0.421. The van der Waals surface area contributed by atoms with Crippen LogP contribution in [0.5, 0.6) is 0 Å². The van der Waals surface area contributed by atoms with Crippen LogP contribution in [0.25, 0.3) is 0 Å². The van der Waals surface area contributed by atoms with Crippen LogP contribution in [0.1, 0.15) is 44.2 Å². The number of carbonyl (C=O) groups excluding carboxylic acids is 2. The van der Waals surface area contributed by atoms with Gasteiger partial charge in [-0.15, -0.1) is 0 Å². The molecule has 40 heavy (non-hydrogen) atoms. The normalized spacial score (nSPS) is 12.8. The Bertz CT molecular complexity index is 1340. The minimum absolute atomic E-state index is 0.0397. The van der Waals surface area contributed by atoms with E-state index >= 15 is 0 Å². The predicted octanol–water partition coefficient (Wildman–Crippen LogP) is 5.44. The fourth-order valence-electron chi connectivity index (χ4n) is 4.39. The molecule has 0 bridgehead atoms. The van der Waals surface area contributed by atoms with Crippen LogP contribution >= 0.6 is 11.6 Å². The molecule has 0 aliphatic carbocycles. The first-order valence-electron chi connectivity index (χ1n) is 13.5. The molecule has 0 heterocycles. The Morgan fingerprint density at radius 2 is 1.48 bits per heavy atom. The summed E-state index contributed by atoms with van der Waals surface area (Å²) in [5, 5.41) is 3.56. The predicted molar refractivity (Wildman–Crippen MR) is 162 cm³/mol. The summed E-state index contributed by atoms with van der Waals surface area (Å²) in [6, 6.07) is 25.0. The molecular weight excluding hydrogens is 546 g/mol. The van der Waals surface area contributed by atoms with Gasteiger partial charge >= 0.3 is 0 Å². The van der Waals surface area contributed by atoms with E-state index in [1.165, 1.54) is 4.31 Å². The zero-order valence-corrected chi connectivity index (χ0v) is 24.9. The molecule has 0 fully saturated rings. The molecule has 0 unspecified atom stereocenters. The van der Waals surface area contributed by atoms with Gasteiger partial charge in [0.05, 0.1) is 11.9 Å². The summed E-state index contributed by atoms with van der Waals surface area (Å²) in [4.78, 5) is 29.0. The van der Waals surface area contributed by atoms with Gasteiger partial charge in [-0.3, -0.25) is 13.9 Å². The smallest absolute Gasteiger partial charge is 0.243 e. The molecule has 0 aliphatic heterocycles. The third kappa shape index (κ3) is 9.38. The van der Waals surface area contributed by atoms with Crippen molar-refractivity contribution >= 4 is 39.1 Å². The van der Waals surface area contributed by atoms with Crippen LogP contribution in [-0.2, 0) is 32.6 Å². The Kier molecular flexibility index (Phi) is 11.6. The summed E-state index contributed by atoms with van der Waals surface area (Å²) in [5.41, 5.74) is 2.34. The second-order valence-corrected chi connectivity index (χ2v) is 12.3. The molecule has 3 rings (SSSR count). The van der Waals surface area contributed by atoms with E-state index < -0.39 is 16.1 Å². The van der Waals surface area contributed by atoms with Crippen molar-refractivity contribution in [1.29, 1.82) is 0 Å². The Labute approximate surface area is 243 Å². The van der Waals surface area contributed by atoms with Crippen LogP contribution < -0.4 is 9.62 Å². The summed E-state index contributed by atoms with van der Waals surface area (Å²) in [7, 11) is -3.58. The van der Waals surface area contributed by atoms with Gasteiger partial charge in [-0.05, 0) is 55.2 Å². The molecule has 0 aromatic heterocycles. The topological polar surface area (TPSA) is 86.8 Å². The highest BCUT2D eigenvalue weighted by atomic mass is 35.5. The fraction of sp³-hybridized carbons (Fsp3) is 0.355. The standard InChI is InChI=1S/C31H38ClN3O4S/c1-4-24(2)33-31(37)29(22-25-12-7-5-8-13-25)34(23-26-14-9-6-10-15-26)30(36)16-11-21-35(40(3,38)39)28-19-17-27(32)18-20-28/h5-10,12-15,17-20,24,29H,4,11,16,21-23H2,1-3H3,(H,33,37)/t24-,29-/m1/s1. The molecule has 3 aromatic carbocycles. The molecule has 7 nitrogen and oxygen atoms in total. The van der Waals surface area contributed by atoms with E-state index in [-0.39, 0.29) is 43.8 Å². The van der Waals surface area contributed by atoms with Crippen LogP contribution in [-0.4, -0.2) is 50.0 Å². The highest BCUT2D eigenvalue weighted by Gasteiger charge is 2.31. The number of hydrogen-bond acceptors (Lipinski definition) is 4. The molecule has 2 amide bonds. The van der Waals surface area contributed by atoms with Gasteiger partial charge in [-0.1, -0.05) is 79.2 Å². The molecule has 9 heteroatoms. The van der Waals surface area contributed by atoms with E-state index in [1.54, 1.807) is 29.2 Å². The van der Waals surface area contributed by atoms with Crippen LogP contribution in [0.3, 0.4) is 0 Å². The van der Waals surface area contributed by atoms with E-state index in [0.717, 1.165) is 23.8 Å². The maximum absolute atomic E-state index is 13.8. The van der Waals surface area contributed by atoms with E-state index in [1.807, 2.05) is 74.5 Å². The number of nitrogens with one attached hydrogen (secondary N) is 1. The molecule has 2 atom stereocenters. The first-order valence-corrected chi connectivity index (χ1v) is 15.7. The van der Waals surface area contributed by atoms with Gasteiger partial charge in [-0.2, -0.15) is 0 Å². The summed E-state index contributed by atoms with van der Waals surface area (Å²) in [6.45, 7) is 4.32. The lowest BCUT2D eigenvalue weighted by Gasteiger charge is -2.32. The largest absolute Gasteiger partial charge is 0.352 e. The minimum atomic E-state index is -3.58. The van der Waals surface area contributed by atoms with Crippen molar-refractivity contribution in [2.45, 2.75) is 58.2 Å². The lowest BCUT2D eigenvalue weighted by molar-refractivity contribution is -0.141. The van der Waals surface area contributed by atoms with Gasteiger partial charge in [0.15, 0.2) is 0 Å². The zero-order valence-electron chi connectivity index (χ0n) is 23.3. The number of halogens is 1. The summed E-state index contributed by atoms with van der Waals surface area (Å²) < 4.78 is 26.4. The van der Waals surface area contributed by atoms with E-state index in [0.29, 0.717) is 17.1 Å². The molecular formula is C31H38ClN3O4S. The van der Waals surface area contributed by atoms with Gasteiger partial charge in [0.25, 0.3) is 0 Å². The van der Waals surface area contributed by atoms with Gasteiger partial charge in [0, 0.05) is 37.0 Å². The third-order valence-corrected chi connectivity index (χ3v) is 8.18. The van der Waals surface area contributed by atoms with Crippen LogP contribution in [0.2, 0.25) is 5.02 Å². The van der Waals surface area contributed by atoms with Crippen molar-refractivity contribution in [2.75, 3.05) is 17.1 Å². The Hall–Kier alpha value is -3.36. The molecule has 3 aromatic rings. The highest BCUT2D eigenvalue weighted by molar-refractivity contribution is 7.92. The van der Waals surface area contributed by atoms with Gasteiger partial charge < -0.3 is 10.2 Å². The fourth-order valence-corrected chi connectivity index (χ4v) is 5.48. The Balaban J connectivity index is 1.86. The van der Waals surface area contributed by atoms with Crippen LogP contribution in [0.4, 0.5) is 5.69 Å². The Morgan fingerprint density at radius 1 is 0.900 bits per heavy atom. The quantitative estimate of drug-likeness (QED) is 0.274. The number of hydrogen-bond donors (Lipinski definition) is 1. The molecule has 0 spiro atoms. The van der Waals surface area contributed by atoms with E-state index in [2.05, 4.69) is 5.32 Å². The third-order valence-electron chi connectivity index (χ3n) is 6.73. The number of nitrogens with zero attached hydrogens (tertiary/aromatic N) is 2. The average Bonchev–Trinajstić information content (AvgIpc) is 2.94. The second kappa shape index (κ2) is 14.9. The first kappa shape index (κ1) is 31.2. The number of sulfonamides is 1. The summed E-state index contributed by atoms with van der Waals surface area (Å²) in [6.07, 6.45) is 2.63. The number of anilines is 1. The van der Waals surface area contributed by atoms with Gasteiger partial charge in [0.2, 0.25) is 21.8 Å². The molecule has 214 valence electrons. The number of benzene rings is 3. The molecule has 0 saturated heterocycles. The number of amides is 2. The van der Waals surface area contributed by atoms with Crippen molar-refractivity contribution in [3.63, 3.8) is 0 Å². The summed E-state index contributed by atoms with van der Waals surface area (Å²) >= 11 is 5.98. The SMILES string of the molecule is CC[C@@H](C)NC(=O)[C@@H](Cc1ccccc1)N(Cc1ccccc1)C(=O)CCCN(c1ccc(Cl)cc1)S(C)(=O)=O. The zero-order chi connectivity index (χ0) is 29.1. The van der Waals surface area contributed by atoms with Gasteiger partial charge in [0.1, 0.15) is 6.04 Å². The second-order valence-electron chi connectivity index (χ2n) is 9.95. The van der Waals surface area contributed by atoms with Crippen molar-refractivity contribution in [2.24, 2.45) is 0 Å². The molecule has 0 saturated carbocycles. The highest BCUT2D eigenvalue weighted by Crippen LogP contribution is 2.22. The van der Waals surface area contributed by atoms with Crippen molar-refractivity contribution in [3.8, 4) is 0 Å². The van der Waals surface area contributed by atoms with Crippen LogP contribution in [0.15, 0.2) is 84.9 Å². The van der Waals surface area contributed by atoms with Crippen molar-refractivity contribution in [3.05, 3.63) is 101 Å². The average molecular weight is 584 g/mol. The van der Waals surface area contributed by atoms with Crippen molar-refractivity contribution in [1.82, 2.24) is 10.2 Å². The number of carbonyl (C=O) groups is 2. The van der Waals surface area contributed by atoms with E-state index in [9.17, 15) is 18.0 Å². The molecule has 0 aliphatic rings. The molecule has 1 N–H and O–H groups in total. The lowest BCUT2D eigenvalue weighted by Crippen LogP contribution is -2.52. The number of rotatable bonds is 14.